The van der Waals surface area contributed by atoms with E-state index in [-0.39, 0.29) is 18.3 Å². The average molecular weight is 523 g/mol. The van der Waals surface area contributed by atoms with Gasteiger partial charge in [0.25, 0.3) is 0 Å². The number of piperidine rings is 1. The number of hydrogen-bond donors (Lipinski definition) is 3. The number of likely N-dealkylation sites (tertiary alicyclic amines) is 1. The van der Waals surface area contributed by atoms with E-state index >= 15 is 0 Å². The highest BCUT2D eigenvalue weighted by molar-refractivity contribution is 7.92. The van der Waals surface area contributed by atoms with Crippen LogP contribution in [-0.4, -0.2) is 71.1 Å². The van der Waals surface area contributed by atoms with E-state index in [2.05, 4.69) is 4.72 Å². The number of aliphatic hydroxyl groups is 2. The molecule has 3 aromatic rings. The van der Waals surface area contributed by atoms with E-state index in [4.69, 9.17) is 21.7 Å². The molecule has 2 atom stereocenters. The molecular formula is C23H31ClN6O4S. The molecule has 0 bridgehead atoms. The number of aryl methyl sites for hydroxylation is 1. The summed E-state index contributed by atoms with van der Waals surface area (Å²) in [5.74, 6) is 0.742. The van der Waals surface area contributed by atoms with E-state index < -0.39 is 16.3 Å². The molecule has 0 radical (unpaired) electrons. The number of anilines is 2. The van der Waals surface area contributed by atoms with Crippen molar-refractivity contribution in [2.24, 2.45) is 0 Å². The van der Waals surface area contributed by atoms with E-state index in [1.54, 1.807) is 22.7 Å². The quantitative estimate of drug-likeness (QED) is 0.412. The molecule has 0 spiro atoms. The SMILES string of the molecule is Cc1cc(N(C)CCO)nc2cc([C@@H]3CCCCN3C(O)c3cc(Cl)ccc3NS(C)(=O)=O)nn12. The monoisotopic (exact) mass is 522 g/mol. The summed E-state index contributed by atoms with van der Waals surface area (Å²) in [7, 11) is -1.67. The Morgan fingerprint density at radius 2 is 2.06 bits per heavy atom. The number of halogens is 1. The molecule has 4 rings (SSSR count). The average Bonchev–Trinajstić information content (AvgIpc) is 3.24. The van der Waals surface area contributed by atoms with Gasteiger partial charge in [-0.2, -0.15) is 5.10 Å². The highest BCUT2D eigenvalue weighted by atomic mass is 35.5. The number of hydrogen-bond acceptors (Lipinski definition) is 8. The smallest absolute Gasteiger partial charge is 0.229 e. The normalized spacial score (nSPS) is 18.1. The molecule has 0 amide bonds. The number of benzene rings is 1. The minimum Gasteiger partial charge on any atom is -0.395 e. The van der Waals surface area contributed by atoms with Crippen molar-refractivity contribution in [1.29, 1.82) is 0 Å². The van der Waals surface area contributed by atoms with Crippen LogP contribution in [-0.2, 0) is 10.0 Å². The zero-order valence-electron chi connectivity index (χ0n) is 20.0. The number of sulfonamides is 1. The van der Waals surface area contributed by atoms with Gasteiger partial charge in [0.05, 0.1) is 30.3 Å². The molecule has 0 saturated carbocycles. The summed E-state index contributed by atoms with van der Waals surface area (Å²) in [5.41, 5.74) is 3.04. The number of aromatic nitrogens is 3. The third-order valence-electron chi connectivity index (χ3n) is 6.22. The summed E-state index contributed by atoms with van der Waals surface area (Å²) in [6.45, 7) is 3.06. The summed E-state index contributed by atoms with van der Waals surface area (Å²) in [6.07, 6.45) is 2.63. The molecule has 10 nitrogen and oxygen atoms in total. The van der Waals surface area contributed by atoms with Crippen LogP contribution in [0.1, 0.15) is 48.5 Å². The minimum absolute atomic E-state index is 0.0293. The summed E-state index contributed by atoms with van der Waals surface area (Å²) < 4.78 is 28.0. The van der Waals surface area contributed by atoms with Gasteiger partial charge in [-0.15, -0.1) is 0 Å². The highest BCUT2D eigenvalue weighted by Gasteiger charge is 2.33. The van der Waals surface area contributed by atoms with Crippen molar-refractivity contribution in [2.75, 3.05) is 42.6 Å². The van der Waals surface area contributed by atoms with Gasteiger partial charge < -0.3 is 15.1 Å². The Morgan fingerprint density at radius 3 is 2.77 bits per heavy atom. The van der Waals surface area contributed by atoms with Gasteiger partial charge in [-0.1, -0.05) is 18.0 Å². The molecule has 35 heavy (non-hydrogen) atoms. The molecule has 1 aliphatic rings. The Hall–Kier alpha value is -2.44. The Bertz CT molecular complexity index is 1310. The van der Waals surface area contributed by atoms with Crippen molar-refractivity contribution >= 4 is 38.8 Å². The van der Waals surface area contributed by atoms with Crippen molar-refractivity contribution in [3.8, 4) is 0 Å². The minimum atomic E-state index is -3.55. The van der Waals surface area contributed by atoms with Gasteiger partial charge in [0, 0.05) is 48.5 Å². The maximum atomic E-state index is 11.9. The lowest BCUT2D eigenvalue weighted by molar-refractivity contribution is -0.0451. The lowest BCUT2D eigenvalue weighted by Gasteiger charge is -2.38. The number of nitrogens with zero attached hydrogens (tertiary/aromatic N) is 5. The summed E-state index contributed by atoms with van der Waals surface area (Å²) >= 11 is 6.21. The Balaban J connectivity index is 1.70. The van der Waals surface area contributed by atoms with Crippen LogP contribution in [0.25, 0.3) is 5.65 Å². The predicted molar refractivity (Wildman–Crippen MR) is 136 cm³/mol. The van der Waals surface area contributed by atoms with Crippen LogP contribution in [0.5, 0.6) is 0 Å². The molecule has 2 aromatic heterocycles. The molecule has 1 aliphatic heterocycles. The number of likely N-dealkylation sites (N-methyl/N-ethyl adjacent to an activating group) is 1. The second kappa shape index (κ2) is 10.3. The van der Waals surface area contributed by atoms with Gasteiger partial charge in [-0.25, -0.2) is 17.9 Å². The fourth-order valence-electron chi connectivity index (χ4n) is 4.53. The molecule has 12 heteroatoms. The van der Waals surface area contributed by atoms with E-state index in [1.165, 1.54) is 0 Å². The van der Waals surface area contributed by atoms with Crippen LogP contribution in [0.4, 0.5) is 11.5 Å². The first-order valence-corrected chi connectivity index (χ1v) is 13.7. The number of nitrogens with one attached hydrogen (secondary N) is 1. The first-order valence-electron chi connectivity index (χ1n) is 11.5. The summed E-state index contributed by atoms with van der Waals surface area (Å²) in [6, 6.07) is 8.38. The first-order chi connectivity index (χ1) is 16.6. The van der Waals surface area contributed by atoms with Gasteiger partial charge in [-0.3, -0.25) is 9.62 Å². The number of rotatable bonds is 8. The Labute approximate surface area is 210 Å². The topological polar surface area (TPSA) is 123 Å². The Kier molecular flexibility index (Phi) is 7.53. The second-order valence-electron chi connectivity index (χ2n) is 8.97. The highest BCUT2D eigenvalue weighted by Crippen LogP contribution is 2.39. The lowest BCUT2D eigenvalue weighted by atomic mass is 9.97. The van der Waals surface area contributed by atoms with Crippen LogP contribution in [0.3, 0.4) is 0 Å². The van der Waals surface area contributed by atoms with Gasteiger partial charge >= 0.3 is 0 Å². The molecule has 1 saturated heterocycles. The summed E-state index contributed by atoms with van der Waals surface area (Å²) in [5, 5.41) is 25.9. The van der Waals surface area contributed by atoms with Crippen LogP contribution < -0.4 is 9.62 Å². The molecule has 1 aromatic carbocycles. The fourth-order valence-corrected chi connectivity index (χ4v) is 5.30. The van der Waals surface area contributed by atoms with Crippen LogP contribution in [0.15, 0.2) is 30.3 Å². The van der Waals surface area contributed by atoms with Crippen molar-refractivity contribution in [2.45, 2.75) is 38.5 Å². The largest absolute Gasteiger partial charge is 0.395 e. The van der Waals surface area contributed by atoms with E-state index in [0.717, 1.165) is 42.7 Å². The van der Waals surface area contributed by atoms with Crippen LogP contribution in [0, 0.1) is 6.92 Å². The molecule has 3 heterocycles. The maximum Gasteiger partial charge on any atom is 0.229 e. The lowest BCUT2D eigenvalue weighted by Crippen LogP contribution is -2.37. The zero-order valence-corrected chi connectivity index (χ0v) is 21.6. The second-order valence-corrected chi connectivity index (χ2v) is 11.2. The molecule has 1 unspecified atom stereocenters. The third kappa shape index (κ3) is 5.70. The Morgan fingerprint density at radius 1 is 1.29 bits per heavy atom. The summed E-state index contributed by atoms with van der Waals surface area (Å²) in [4.78, 5) is 8.51. The molecule has 0 aliphatic carbocycles. The van der Waals surface area contributed by atoms with Crippen LogP contribution in [0.2, 0.25) is 5.02 Å². The molecular weight excluding hydrogens is 492 g/mol. The van der Waals surface area contributed by atoms with Crippen molar-refractivity contribution in [1.82, 2.24) is 19.5 Å². The van der Waals surface area contributed by atoms with E-state index in [9.17, 15) is 18.6 Å². The van der Waals surface area contributed by atoms with E-state index in [0.29, 0.717) is 29.3 Å². The van der Waals surface area contributed by atoms with Crippen molar-refractivity contribution in [3.05, 3.63) is 52.3 Å². The number of fused-ring (bicyclic) bond motifs is 1. The molecule has 1 fully saturated rings. The van der Waals surface area contributed by atoms with E-state index in [1.807, 2.05) is 35.9 Å². The predicted octanol–water partition coefficient (Wildman–Crippen LogP) is 2.71. The van der Waals surface area contributed by atoms with Gasteiger partial charge in [0.2, 0.25) is 10.0 Å². The number of aliphatic hydroxyl groups excluding tert-OH is 2. The standard InChI is InChI=1S/C23H31ClN6O4S/c1-15-12-21(28(2)10-11-31)25-22-14-19(26-30(15)22)20-6-4-5-9-29(20)23(32)17-13-16(24)7-8-18(17)27-35(3,33)34/h7-8,12-14,20,23,27,31-32H,4-6,9-11H2,1-3H3/t20-,23?/m0/s1. The molecule has 3 N–H and O–H groups in total. The van der Waals surface area contributed by atoms with Gasteiger partial charge in [-0.05, 0) is 38.0 Å². The van der Waals surface area contributed by atoms with Gasteiger partial charge in [0.15, 0.2) is 5.65 Å². The van der Waals surface area contributed by atoms with Crippen LogP contribution >= 0.6 is 11.6 Å². The molecule has 190 valence electrons. The van der Waals surface area contributed by atoms with Crippen molar-refractivity contribution in [3.63, 3.8) is 0 Å². The zero-order chi connectivity index (χ0) is 25.3. The fraction of sp³-hybridized carbons (Fsp3) is 0.478. The maximum absolute atomic E-state index is 11.9. The van der Waals surface area contributed by atoms with Gasteiger partial charge in [0.1, 0.15) is 12.0 Å². The van der Waals surface area contributed by atoms with Crippen molar-refractivity contribution < 1.29 is 18.6 Å². The third-order valence-corrected chi connectivity index (χ3v) is 7.05. The first kappa shape index (κ1) is 25.6.